The fraction of sp³-hybridized carbons (Fsp3) is 0.750. The fourth-order valence-electron chi connectivity index (χ4n) is 5.44. The average Bonchev–Trinajstić information content (AvgIpc) is 3.17. The minimum atomic E-state index is -1.10. The third-order valence-corrected chi connectivity index (χ3v) is 9.29. The van der Waals surface area contributed by atoms with Gasteiger partial charge in [-0.05, 0) is 65.0 Å². The summed E-state index contributed by atoms with van der Waals surface area (Å²) in [6.45, 7) is 19.6. The number of piperazine rings is 1. The predicted octanol–water partition coefficient (Wildman–Crippen LogP) is 5.33. The molecular formula is C28H48N6O3Si. The Morgan fingerprint density at radius 1 is 1.08 bits per heavy atom. The van der Waals surface area contributed by atoms with E-state index in [0.717, 1.165) is 81.4 Å². The van der Waals surface area contributed by atoms with E-state index in [2.05, 4.69) is 57.5 Å². The summed E-state index contributed by atoms with van der Waals surface area (Å²) in [4.78, 5) is 26.0. The molecule has 1 aliphatic carbocycles. The second-order valence-corrected chi connectivity index (χ2v) is 18.8. The summed E-state index contributed by atoms with van der Waals surface area (Å²) in [5.74, 6) is 0.933. The molecule has 1 saturated heterocycles. The van der Waals surface area contributed by atoms with Crippen LogP contribution in [0, 0.1) is 6.92 Å². The molecule has 9 nitrogen and oxygen atoms in total. The fourth-order valence-corrected chi connectivity index (χ4v) is 6.20. The quantitative estimate of drug-likeness (QED) is 0.355. The topological polar surface area (TPSA) is 84.8 Å². The number of hydrogen-bond donors (Lipinski definition) is 1. The first kappa shape index (κ1) is 28.8. The Kier molecular flexibility index (Phi) is 9.04. The molecule has 0 atom stereocenters. The SMILES string of the molecule is Cc1cn(COCC[Si](C)(C)C)c2ncnc(NC3CCC(N4CCN(C(=O)OC(C)(C)C)CC4)CC3)c12. The molecule has 38 heavy (non-hydrogen) atoms. The Balaban J connectivity index is 1.28. The van der Waals surface area contributed by atoms with Gasteiger partial charge in [0.15, 0.2) is 0 Å². The minimum absolute atomic E-state index is 0.191. The Bertz CT molecular complexity index is 1080. The second-order valence-electron chi connectivity index (χ2n) is 13.2. The van der Waals surface area contributed by atoms with Crippen molar-refractivity contribution < 1.29 is 14.3 Å². The van der Waals surface area contributed by atoms with Crippen LogP contribution in [0.2, 0.25) is 25.7 Å². The van der Waals surface area contributed by atoms with Crippen molar-refractivity contribution in [1.82, 2.24) is 24.3 Å². The standard InChI is InChI=1S/C28H48N6O3Si/c1-21-18-34(20-36-16-17-38(5,6)7)26-24(21)25(29-19-30-26)31-22-8-10-23(11-9-22)32-12-14-33(15-13-32)27(35)37-28(2,3)4/h18-19,22-23H,8-17,20H2,1-7H3,(H,29,30,31). The lowest BCUT2D eigenvalue weighted by Crippen LogP contribution is -2.53. The van der Waals surface area contributed by atoms with E-state index in [-0.39, 0.29) is 6.09 Å². The molecule has 1 aliphatic heterocycles. The van der Waals surface area contributed by atoms with Gasteiger partial charge in [0.25, 0.3) is 0 Å². The molecule has 1 saturated carbocycles. The smallest absolute Gasteiger partial charge is 0.410 e. The molecule has 0 bridgehead atoms. The number of rotatable bonds is 8. The highest BCUT2D eigenvalue weighted by Gasteiger charge is 2.31. The van der Waals surface area contributed by atoms with Gasteiger partial charge >= 0.3 is 6.09 Å². The molecule has 3 heterocycles. The summed E-state index contributed by atoms with van der Waals surface area (Å²) in [6, 6.07) is 2.15. The van der Waals surface area contributed by atoms with E-state index in [1.54, 1.807) is 6.33 Å². The van der Waals surface area contributed by atoms with Crippen LogP contribution in [0.1, 0.15) is 52.0 Å². The van der Waals surface area contributed by atoms with E-state index in [1.165, 1.54) is 5.56 Å². The maximum absolute atomic E-state index is 12.4. The summed E-state index contributed by atoms with van der Waals surface area (Å²) < 4.78 is 13.7. The summed E-state index contributed by atoms with van der Waals surface area (Å²) >= 11 is 0. The largest absolute Gasteiger partial charge is 0.444 e. The molecule has 212 valence electrons. The zero-order chi connectivity index (χ0) is 27.5. The highest BCUT2D eigenvalue weighted by molar-refractivity contribution is 6.76. The van der Waals surface area contributed by atoms with E-state index in [4.69, 9.17) is 9.47 Å². The molecule has 2 aliphatic rings. The van der Waals surface area contributed by atoms with Crippen LogP contribution in [0.4, 0.5) is 10.6 Å². The van der Waals surface area contributed by atoms with Crippen molar-refractivity contribution in [2.75, 3.05) is 38.1 Å². The Morgan fingerprint density at radius 2 is 1.76 bits per heavy atom. The first-order valence-electron chi connectivity index (χ1n) is 14.3. The molecule has 2 aromatic rings. The van der Waals surface area contributed by atoms with Crippen LogP contribution in [0.3, 0.4) is 0 Å². The minimum Gasteiger partial charge on any atom is -0.444 e. The molecule has 0 radical (unpaired) electrons. The van der Waals surface area contributed by atoms with Crippen LogP contribution in [-0.4, -0.2) is 89.0 Å². The Hall–Kier alpha value is -2.17. The highest BCUT2D eigenvalue weighted by atomic mass is 28.3. The third kappa shape index (κ3) is 7.69. The van der Waals surface area contributed by atoms with Gasteiger partial charge in [-0.15, -0.1) is 0 Å². The highest BCUT2D eigenvalue weighted by Crippen LogP contribution is 2.30. The van der Waals surface area contributed by atoms with Crippen molar-refractivity contribution in [3.05, 3.63) is 18.1 Å². The molecule has 0 spiro atoms. The van der Waals surface area contributed by atoms with Gasteiger partial charge in [0, 0.05) is 59.1 Å². The maximum Gasteiger partial charge on any atom is 0.410 e. The number of aryl methyl sites for hydroxylation is 1. The van der Waals surface area contributed by atoms with E-state index in [0.29, 0.717) is 18.8 Å². The summed E-state index contributed by atoms with van der Waals surface area (Å²) in [5, 5.41) is 4.84. The molecule has 0 aromatic carbocycles. The number of nitrogens with one attached hydrogen (secondary N) is 1. The lowest BCUT2D eigenvalue weighted by Gasteiger charge is -2.42. The number of carbonyl (C=O) groups is 1. The Morgan fingerprint density at radius 3 is 2.39 bits per heavy atom. The van der Waals surface area contributed by atoms with Gasteiger partial charge in [0.1, 0.15) is 30.1 Å². The van der Waals surface area contributed by atoms with Crippen molar-refractivity contribution in [1.29, 1.82) is 0 Å². The van der Waals surface area contributed by atoms with Crippen molar-refractivity contribution in [3.8, 4) is 0 Å². The molecule has 1 N–H and O–H groups in total. The maximum atomic E-state index is 12.4. The number of aromatic nitrogens is 3. The molecule has 10 heteroatoms. The van der Waals surface area contributed by atoms with Gasteiger partial charge in [0.2, 0.25) is 0 Å². The van der Waals surface area contributed by atoms with Crippen LogP contribution in [-0.2, 0) is 16.2 Å². The van der Waals surface area contributed by atoms with Crippen LogP contribution >= 0.6 is 0 Å². The van der Waals surface area contributed by atoms with Gasteiger partial charge in [-0.1, -0.05) is 19.6 Å². The molecule has 0 unspecified atom stereocenters. The van der Waals surface area contributed by atoms with Gasteiger partial charge in [-0.3, -0.25) is 4.90 Å². The monoisotopic (exact) mass is 544 g/mol. The lowest BCUT2D eigenvalue weighted by molar-refractivity contribution is 0.00806. The Labute approximate surface area is 229 Å². The molecular weight excluding hydrogens is 496 g/mol. The van der Waals surface area contributed by atoms with E-state index >= 15 is 0 Å². The molecule has 2 fully saturated rings. The van der Waals surface area contributed by atoms with Crippen LogP contribution in [0.5, 0.6) is 0 Å². The second kappa shape index (κ2) is 11.9. The van der Waals surface area contributed by atoms with Crippen LogP contribution in [0.25, 0.3) is 11.0 Å². The summed E-state index contributed by atoms with van der Waals surface area (Å²) in [6.07, 6.45) is 8.14. The van der Waals surface area contributed by atoms with Gasteiger partial charge < -0.3 is 24.3 Å². The van der Waals surface area contributed by atoms with Crippen LogP contribution < -0.4 is 5.32 Å². The van der Waals surface area contributed by atoms with Crippen molar-refractivity contribution in [2.45, 2.75) is 103 Å². The molecule has 1 amide bonds. The van der Waals surface area contributed by atoms with Crippen molar-refractivity contribution in [3.63, 3.8) is 0 Å². The number of ether oxygens (including phenoxy) is 2. The number of anilines is 1. The molecule has 2 aromatic heterocycles. The first-order valence-corrected chi connectivity index (χ1v) is 18.0. The normalized spacial score (nSPS) is 21.6. The summed E-state index contributed by atoms with van der Waals surface area (Å²) in [7, 11) is -1.10. The average molecular weight is 545 g/mol. The van der Waals surface area contributed by atoms with Gasteiger partial charge in [-0.2, -0.15) is 0 Å². The number of fused-ring (bicyclic) bond motifs is 1. The number of amides is 1. The number of nitrogens with zero attached hydrogens (tertiary/aromatic N) is 5. The van der Waals surface area contributed by atoms with Gasteiger partial charge in [-0.25, -0.2) is 14.8 Å². The number of hydrogen-bond acceptors (Lipinski definition) is 7. The summed E-state index contributed by atoms with van der Waals surface area (Å²) in [5.41, 5.74) is 1.66. The van der Waals surface area contributed by atoms with E-state index < -0.39 is 13.7 Å². The molecule has 4 rings (SSSR count). The van der Waals surface area contributed by atoms with Crippen molar-refractivity contribution >= 4 is 31.0 Å². The predicted molar refractivity (Wildman–Crippen MR) is 155 cm³/mol. The van der Waals surface area contributed by atoms with E-state index in [9.17, 15) is 4.79 Å². The number of carbonyl (C=O) groups excluding carboxylic acids is 1. The van der Waals surface area contributed by atoms with Crippen LogP contribution in [0.15, 0.2) is 12.5 Å². The van der Waals surface area contributed by atoms with Crippen molar-refractivity contribution in [2.24, 2.45) is 0 Å². The van der Waals surface area contributed by atoms with Gasteiger partial charge in [0.05, 0.1) is 5.39 Å². The zero-order valence-electron chi connectivity index (χ0n) is 24.5. The first-order chi connectivity index (χ1) is 17.9. The lowest BCUT2D eigenvalue weighted by atomic mass is 9.89. The van der Waals surface area contributed by atoms with E-state index in [1.807, 2.05) is 25.7 Å². The zero-order valence-corrected chi connectivity index (χ0v) is 25.5. The third-order valence-electron chi connectivity index (χ3n) is 7.59.